The topological polar surface area (TPSA) is 72.3 Å². The summed E-state index contributed by atoms with van der Waals surface area (Å²) in [4.78, 5) is 19.1. The van der Waals surface area contributed by atoms with Crippen molar-refractivity contribution in [2.24, 2.45) is 0 Å². The smallest absolute Gasteiger partial charge is 0.339 e. The Morgan fingerprint density at radius 3 is 2.72 bits per heavy atom. The Morgan fingerprint density at radius 2 is 2.06 bits per heavy atom. The van der Waals surface area contributed by atoms with Gasteiger partial charge in [0.15, 0.2) is 0 Å². The first-order chi connectivity index (χ1) is 8.56. The molecule has 0 radical (unpaired) electrons. The van der Waals surface area contributed by atoms with Gasteiger partial charge in [-0.25, -0.2) is 9.78 Å². The number of aryl methyl sites for hydroxylation is 2. The number of hydrogen-bond acceptors (Lipinski definition) is 4. The summed E-state index contributed by atoms with van der Waals surface area (Å²) in [5, 5.41) is 9.11. The summed E-state index contributed by atoms with van der Waals surface area (Å²) in [6.07, 6.45) is 1.56. The molecule has 0 unspecified atom stereocenters. The summed E-state index contributed by atoms with van der Waals surface area (Å²) in [6.45, 7) is 3.56. The maximum absolute atomic E-state index is 11.1. The molecule has 0 spiro atoms. The lowest BCUT2D eigenvalue weighted by molar-refractivity contribution is 0.0694. The van der Waals surface area contributed by atoms with E-state index >= 15 is 0 Å². The Kier molecular flexibility index (Phi) is 3.23. The second-order valence-electron chi connectivity index (χ2n) is 3.85. The minimum Gasteiger partial charge on any atom is -0.478 e. The minimum atomic E-state index is -1.03. The second kappa shape index (κ2) is 4.83. The van der Waals surface area contributed by atoms with Gasteiger partial charge in [0.05, 0.1) is 0 Å². The van der Waals surface area contributed by atoms with Crippen molar-refractivity contribution < 1.29 is 14.6 Å². The molecule has 0 bridgehead atoms. The third-order valence-electron chi connectivity index (χ3n) is 2.33. The van der Waals surface area contributed by atoms with E-state index in [0.717, 1.165) is 5.56 Å². The molecule has 1 N–H and O–H groups in total. The Morgan fingerprint density at radius 1 is 1.28 bits per heavy atom. The molecule has 1 aromatic carbocycles. The largest absolute Gasteiger partial charge is 0.478 e. The SMILES string of the molecule is Cc1ccc(Oc2ccnc(C)n2)c(C(=O)O)c1. The van der Waals surface area contributed by atoms with Crippen molar-refractivity contribution in [3.8, 4) is 11.6 Å². The van der Waals surface area contributed by atoms with Crippen molar-refractivity contribution >= 4 is 5.97 Å². The molecule has 0 atom stereocenters. The van der Waals surface area contributed by atoms with E-state index in [9.17, 15) is 4.79 Å². The maximum atomic E-state index is 11.1. The Labute approximate surface area is 104 Å². The fourth-order valence-electron chi connectivity index (χ4n) is 1.50. The van der Waals surface area contributed by atoms with Crippen LogP contribution in [0.1, 0.15) is 21.7 Å². The molecule has 5 heteroatoms. The van der Waals surface area contributed by atoms with Crippen molar-refractivity contribution in [1.82, 2.24) is 9.97 Å². The van der Waals surface area contributed by atoms with Gasteiger partial charge in [-0.15, -0.1) is 0 Å². The monoisotopic (exact) mass is 244 g/mol. The number of carboxylic acid groups (broad SMARTS) is 1. The number of benzene rings is 1. The van der Waals surface area contributed by atoms with E-state index in [1.807, 2.05) is 6.92 Å². The summed E-state index contributed by atoms with van der Waals surface area (Å²) in [6, 6.07) is 6.55. The summed E-state index contributed by atoms with van der Waals surface area (Å²) in [7, 11) is 0. The van der Waals surface area contributed by atoms with Gasteiger partial charge in [-0.3, -0.25) is 0 Å². The number of hydrogen-bond donors (Lipinski definition) is 1. The summed E-state index contributed by atoms with van der Waals surface area (Å²) in [5.41, 5.74) is 0.977. The van der Waals surface area contributed by atoms with Gasteiger partial charge in [0.2, 0.25) is 5.88 Å². The van der Waals surface area contributed by atoms with E-state index in [0.29, 0.717) is 11.7 Å². The van der Waals surface area contributed by atoms with Crippen LogP contribution in [0.15, 0.2) is 30.5 Å². The zero-order chi connectivity index (χ0) is 13.1. The van der Waals surface area contributed by atoms with Gasteiger partial charge in [-0.2, -0.15) is 4.98 Å². The third-order valence-corrected chi connectivity index (χ3v) is 2.33. The van der Waals surface area contributed by atoms with Crippen LogP contribution in [0.2, 0.25) is 0 Å². The molecule has 2 rings (SSSR count). The van der Waals surface area contributed by atoms with Crippen LogP contribution in [-0.4, -0.2) is 21.0 Å². The number of rotatable bonds is 3. The molecular formula is C13H12N2O3. The molecule has 0 fully saturated rings. The van der Waals surface area contributed by atoms with Crippen molar-refractivity contribution in [2.75, 3.05) is 0 Å². The number of ether oxygens (including phenoxy) is 1. The first kappa shape index (κ1) is 12.0. The molecule has 0 aliphatic carbocycles. The molecule has 2 aromatic rings. The third kappa shape index (κ3) is 2.63. The van der Waals surface area contributed by atoms with Gasteiger partial charge in [0.25, 0.3) is 0 Å². The van der Waals surface area contributed by atoms with E-state index in [-0.39, 0.29) is 11.3 Å². The van der Waals surface area contributed by atoms with Crippen LogP contribution < -0.4 is 4.74 Å². The number of carbonyl (C=O) groups is 1. The van der Waals surface area contributed by atoms with Gasteiger partial charge < -0.3 is 9.84 Å². The molecule has 0 aliphatic heterocycles. The average Bonchev–Trinajstić information content (AvgIpc) is 2.31. The van der Waals surface area contributed by atoms with Gasteiger partial charge in [0.1, 0.15) is 17.1 Å². The predicted molar refractivity (Wildman–Crippen MR) is 65.0 cm³/mol. The van der Waals surface area contributed by atoms with Gasteiger partial charge in [0, 0.05) is 12.3 Å². The van der Waals surface area contributed by atoms with Gasteiger partial charge in [-0.05, 0) is 26.0 Å². The van der Waals surface area contributed by atoms with Crippen LogP contribution in [0.3, 0.4) is 0 Å². The lowest BCUT2D eigenvalue weighted by Crippen LogP contribution is -2.01. The average molecular weight is 244 g/mol. The van der Waals surface area contributed by atoms with E-state index in [4.69, 9.17) is 9.84 Å². The molecule has 5 nitrogen and oxygen atoms in total. The van der Waals surface area contributed by atoms with Crippen molar-refractivity contribution in [2.45, 2.75) is 13.8 Å². The van der Waals surface area contributed by atoms with Crippen LogP contribution in [0.5, 0.6) is 11.6 Å². The first-order valence-electron chi connectivity index (χ1n) is 5.38. The number of carboxylic acids is 1. The highest BCUT2D eigenvalue weighted by molar-refractivity contribution is 5.91. The van der Waals surface area contributed by atoms with Crippen molar-refractivity contribution in [3.63, 3.8) is 0 Å². The standard InChI is InChI=1S/C13H12N2O3/c1-8-3-4-11(10(7-8)13(16)17)18-12-5-6-14-9(2)15-12/h3-7H,1-2H3,(H,16,17). The molecule has 0 amide bonds. The maximum Gasteiger partial charge on any atom is 0.339 e. The lowest BCUT2D eigenvalue weighted by Gasteiger charge is -2.08. The summed E-state index contributed by atoms with van der Waals surface area (Å²) >= 11 is 0. The normalized spacial score (nSPS) is 10.1. The quantitative estimate of drug-likeness (QED) is 0.898. The Hall–Kier alpha value is -2.43. The summed E-state index contributed by atoms with van der Waals surface area (Å²) in [5.74, 6) is 0.135. The van der Waals surface area contributed by atoms with E-state index in [1.165, 1.54) is 0 Å². The number of aromatic carboxylic acids is 1. The minimum absolute atomic E-state index is 0.117. The van der Waals surface area contributed by atoms with Crippen molar-refractivity contribution in [3.05, 3.63) is 47.4 Å². The fourth-order valence-corrected chi connectivity index (χ4v) is 1.50. The molecule has 1 heterocycles. The molecule has 92 valence electrons. The Bertz CT molecular complexity index is 597. The van der Waals surface area contributed by atoms with Crippen LogP contribution >= 0.6 is 0 Å². The highest BCUT2D eigenvalue weighted by atomic mass is 16.5. The highest BCUT2D eigenvalue weighted by Crippen LogP contribution is 2.24. The second-order valence-corrected chi connectivity index (χ2v) is 3.85. The fraction of sp³-hybridized carbons (Fsp3) is 0.154. The number of aromatic nitrogens is 2. The van der Waals surface area contributed by atoms with E-state index in [1.54, 1.807) is 37.4 Å². The lowest BCUT2D eigenvalue weighted by atomic mass is 10.1. The van der Waals surface area contributed by atoms with Gasteiger partial charge in [-0.1, -0.05) is 11.6 Å². The number of nitrogens with zero attached hydrogens (tertiary/aromatic N) is 2. The Balaban J connectivity index is 2.37. The van der Waals surface area contributed by atoms with Gasteiger partial charge >= 0.3 is 5.97 Å². The van der Waals surface area contributed by atoms with Crippen LogP contribution in [0.25, 0.3) is 0 Å². The first-order valence-corrected chi connectivity index (χ1v) is 5.38. The molecule has 0 saturated carbocycles. The van der Waals surface area contributed by atoms with Crippen LogP contribution in [-0.2, 0) is 0 Å². The predicted octanol–water partition coefficient (Wildman–Crippen LogP) is 2.58. The molecule has 0 saturated heterocycles. The molecular weight excluding hydrogens is 232 g/mol. The van der Waals surface area contributed by atoms with Crippen LogP contribution in [0, 0.1) is 13.8 Å². The van der Waals surface area contributed by atoms with Crippen LogP contribution in [0.4, 0.5) is 0 Å². The van der Waals surface area contributed by atoms with E-state index < -0.39 is 5.97 Å². The molecule has 0 aliphatic rings. The van der Waals surface area contributed by atoms with E-state index in [2.05, 4.69) is 9.97 Å². The summed E-state index contributed by atoms with van der Waals surface area (Å²) < 4.78 is 5.47. The van der Waals surface area contributed by atoms with Crippen molar-refractivity contribution in [1.29, 1.82) is 0 Å². The molecule has 1 aromatic heterocycles. The zero-order valence-corrected chi connectivity index (χ0v) is 10.0. The molecule has 18 heavy (non-hydrogen) atoms. The zero-order valence-electron chi connectivity index (χ0n) is 10.0. The highest BCUT2D eigenvalue weighted by Gasteiger charge is 2.12.